The van der Waals surface area contributed by atoms with Crippen LogP contribution in [-0.2, 0) is 14.3 Å². The van der Waals surface area contributed by atoms with Crippen molar-refractivity contribution in [1.82, 2.24) is 4.98 Å². The Labute approximate surface area is 170 Å². The largest absolute Gasteiger partial charge is 0.496 e. The van der Waals surface area contributed by atoms with Crippen LogP contribution in [0.3, 0.4) is 0 Å². The number of nitrogens with zero attached hydrogens (tertiary/aromatic N) is 2. The van der Waals surface area contributed by atoms with Crippen LogP contribution < -0.4 is 9.64 Å². The van der Waals surface area contributed by atoms with Gasteiger partial charge in [0.05, 0.1) is 42.9 Å². The lowest BCUT2D eigenvalue weighted by Crippen LogP contribution is -2.56. The van der Waals surface area contributed by atoms with E-state index in [4.69, 9.17) is 14.2 Å². The normalized spacial score (nSPS) is 28.7. The van der Waals surface area contributed by atoms with E-state index in [9.17, 15) is 4.79 Å². The number of pyridine rings is 1. The molecule has 0 spiro atoms. The first-order valence-corrected chi connectivity index (χ1v) is 10.1. The third kappa shape index (κ3) is 3.17. The molecule has 2 aliphatic heterocycles. The van der Waals surface area contributed by atoms with Crippen molar-refractivity contribution in [2.24, 2.45) is 11.8 Å². The molecule has 3 aliphatic rings. The number of carbonyl (C=O) groups excluding carboxylic acids is 1. The molecule has 0 bridgehead atoms. The van der Waals surface area contributed by atoms with Crippen LogP contribution in [0.25, 0.3) is 5.57 Å². The van der Waals surface area contributed by atoms with Gasteiger partial charge in [-0.05, 0) is 31.0 Å². The van der Waals surface area contributed by atoms with Gasteiger partial charge in [0, 0.05) is 24.2 Å². The van der Waals surface area contributed by atoms with Crippen LogP contribution in [0.2, 0.25) is 0 Å². The number of rotatable bonds is 3. The van der Waals surface area contributed by atoms with Crippen LogP contribution >= 0.6 is 0 Å². The molecule has 2 aromatic rings. The van der Waals surface area contributed by atoms with Crippen molar-refractivity contribution in [2.75, 3.05) is 25.3 Å². The van der Waals surface area contributed by atoms with E-state index in [1.54, 1.807) is 19.6 Å². The van der Waals surface area contributed by atoms with E-state index < -0.39 is 0 Å². The maximum absolute atomic E-state index is 13.4. The number of Topliss-reactive ketones (excluding diaryl/α,β-unsaturated/α-hetero) is 1. The molecular formula is C23H24N2O4. The Morgan fingerprint density at radius 2 is 2.07 bits per heavy atom. The van der Waals surface area contributed by atoms with E-state index in [0.29, 0.717) is 18.1 Å². The zero-order valence-corrected chi connectivity index (χ0v) is 16.4. The number of methoxy groups -OCH3 is 1. The van der Waals surface area contributed by atoms with Gasteiger partial charge in [-0.15, -0.1) is 0 Å². The minimum atomic E-state index is -0.167. The minimum absolute atomic E-state index is 0.123. The van der Waals surface area contributed by atoms with Crippen LogP contribution in [0.4, 0.5) is 5.69 Å². The van der Waals surface area contributed by atoms with Crippen LogP contribution in [0.1, 0.15) is 18.4 Å². The predicted molar refractivity (Wildman–Crippen MR) is 108 cm³/mol. The highest BCUT2D eigenvalue weighted by Gasteiger charge is 2.49. The highest BCUT2D eigenvalue weighted by Crippen LogP contribution is 2.43. The fourth-order valence-corrected chi connectivity index (χ4v) is 4.82. The molecular weight excluding hydrogens is 368 g/mol. The molecule has 4 unspecified atom stereocenters. The van der Waals surface area contributed by atoms with Crippen LogP contribution in [0, 0.1) is 11.8 Å². The van der Waals surface area contributed by atoms with E-state index in [-0.39, 0.29) is 29.8 Å². The molecule has 1 aromatic heterocycles. The molecule has 2 fully saturated rings. The van der Waals surface area contributed by atoms with Gasteiger partial charge in [0.25, 0.3) is 0 Å². The molecule has 150 valence electrons. The lowest BCUT2D eigenvalue weighted by atomic mass is 9.71. The van der Waals surface area contributed by atoms with Crippen LogP contribution in [-0.4, -0.2) is 43.4 Å². The molecule has 29 heavy (non-hydrogen) atoms. The van der Waals surface area contributed by atoms with E-state index in [1.165, 1.54) is 0 Å². The summed E-state index contributed by atoms with van der Waals surface area (Å²) in [7, 11) is 1.62. The van der Waals surface area contributed by atoms with E-state index in [2.05, 4.69) is 9.88 Å². The summed E-state index contributed by atoms with van der Waals surface area (Å²) in [5.41, 5.74) is 2.42. The van der Waals surface area contributed by atoms with Crippen LogP contribution in [0.5, 0.6) is 5.75 Å². The number of ketones is 1. The summed E-state index contributed by atoms with van der Waals surface area (Å²) >= 11 is 0. The van der Waals surface area contributed by atoms with Crippen molar-refractivity contribution in [1.29, 1.82) is 0 Å². The number of allylic oxidation sites excluding steroid dienone is 1. The topological polar surface area (TPSA) is 60.9 Å². The van der Waals surface area contributed by atoms with Crippen LogP contribution in [0.15, 0.2) is 55.1 Å². The number of benzene rings is 1. The van der Waals surface area contributed by atoms with E-state index >= 15 is 0 Å². The van der Waals surface area contributed by atoms with Crippen molar-refractivity contribution in [3.8, 4) is 5.75 Å². The summed E-state index contributed by atoms with van der Waals surface area (Å²) in [5, 5.41) is 0. The summed E-state index contributed by atoms with van der Waals surface area (Å²) in [6.07, 6.45) is 6.85. The number of ether oxygens (including phenoxy) is 3. The van der Waals surface area contributed by atoms with Gasteiger partial charge in [-0.3, -0.25) is 9.78 Å². The van der Waals surface area contributed by atoms with E-state index in [1.807, 2.05) is 42.6 Å². The van der Waals surface area contributed by atoms with Gasteiger partial charge in [-0.1, -0.05) is 18.2 Å². The van der Waals surface area contributed by atoms with Crippen molar-refractivity contribution in [3.05, 3.63) is 60.6 Å². The quantitative estimate of drug-likeness (QED) is 0.799. The summed E-state index contributed by atoms with van der Waals surface area (Å²) < 4.78 is 17.8. The molecule has 1 aromatic carbocycles. The van der Waals surface area contributed by atoms with Gasteiger partial charge in [-0.2, -0.15) is 0 Å². The average molecular weight is 392 g/mol. The SMILES string of the molecule is COc1ccccc1C1=COC2C(CCC3OCN(c4cccnc4)CC32)C1=O. The first-order chi connectivity index (χ1) is 14.3. The summed E-state index contributed by atoms with van der Waals surface area (Å²) in [4.78, 5) is 19.8. The Bertz CT molecular complexity index is 929. The third-order valence-electron chi connectivity index (χ3n) is 6.29. The first-order valence-electron chi connectivity index (χ1n) is 10.1. The van der Waals surface area contributed by atoms with Gasteiger partial charge < -0.3 is 19.1 Å². The highest BCUT2D eigenvalue weighted by atomic mass is 16.5. The van der Waals surface area contributed by atoms with Crippen molar-refractivity contribution in [2.45, 2.75) is 25.0 Å². The fraction of sp³-hybridized carbons (Fsp3) is 0.391. The summed E-state index contributed by atoms with van der Waals surface area (Å²) in [6, 6.07) is 11.5. The lowest BCUT2D eigenvalue weighted by Gasteiger charge is -2.48. The maximum atomic E-state index is 13.4. The van der Waals surface area contributed by atoms with Crippen molar-refractivity contribution < 1.29 is 19.0 Å². The molecule has 4 atom stereocenters. The monoisotopic (exact) mass is 392 g/mol. The molecule has 5 rings (SSSR count). The number of anilines is 1. The number of hydrogen-bond donors (Lipinski definition) is 0. The standard InChI is InChI=1S/C23H24N2O4/c1-27-20-7-3-2-6-16(20)19-13-28-23-17(22(19)26)8-9-21-18(23)12-25(14-29-21)15-5-4-10-24-11-15/h2-7,10-11,13,17-18,21,23H,8-9,12,14H2,1H3. The Morgan fingerprint density at radius 3 is 2.90 bits per heavy atom. The molecule has 1 aliphatic carbocycles. The Hall–Kier alpha value is -2.86. The number of hydrogen-bond acceptors (Lipinski definition) is 6. The fourth-order valence-electron chi connectivity index (χ4n) is 4.82. The average Bonchev–Trinajstić information content (AvgIpc) is 2.79. The Kier molecular flexibility index (Phi) is 4.72. The second-order valence-corrected chi connectivity index (χ2v) is 7.81. The molecule has 3 heterocycles. The van der Waals surface area contributed by atoms with Crippen molar-refractivity contribution >= 4 is 17.0 Å². The molecule has 0 amide bonds. The van der Waals surface area contributed by atoms with Gasteiger partial charge in [0.15, 0.2) is 5.78 Å². The van der Waals surface area contributed by atoms with Gasteiger partial charge >= 0.3 is 0 Å². The van der Waals surface area contributed by atoms with Gasteiger partial charge in [-0.25, -0.2) is 0 Å². The zero-order chi connectivity index (χ0) is 19.8. The predicted octanol–water partition coefficient (Wildman–Crippen LogP) is 3.29. The maximum Gasteiger partial charge on any atom is 0.173 e. The summed E-state index contributed by atoms with van der Waals surface area (Å²) in [6.45, 7) is 1.34. The highest BCUT2D eigenvalue weighted by molar-refractivity contribution is 6.22. The number of para-hydroxylation sites is 1. The van der Waals surface area contributed by atoms with Crippen molar-refractivity contribution in [3.63, 3.8) is 0 Å². The Morgan fingerprint density at radius 1 is 1.17 bits per heavy atom. The first kappa shape index (κ1) is 18.2. The lowest BCUT2D eigenvalue weighted by molar-refractivity contribution is -0.140. The molecule has 6 heteroatoms. The number of fused-ring (bicyclic) bond motifs is 3. The second-order valence-electron chi connectivity index (χ2n) is 7.81. The zero-order valence-electron chi connectivity index (χ0n) is 16.4. The second kappa shape index (κ2) is 7.52. The smallest absolute Gasteiger partial charge is 0.173 e. The molecule has 0 N–H and O–H groups in total. The number of carbonyl (C=O) groups is 1. The molecule has 0 radical (unpaired) electrons. The minimum Gasteiger partial charge on any atom is -0.496 e. The molecule has 1 saturated carbocycles. The molecule has 1 saturated heterocycles. The molecule has 6 nitrogen and oxygen atoms in total. The third-order valence-corrected chi connectivity index (χ3v) is 6.29. The Balaban J connectivity index is 1.41. The van der Waals surface area contributed by atoms with Gasteiger partial charge in [0.2, 0.25) is 0 Å². The van der Waals surface area contributed by atoms with E-state index in [0.717, 1.165) is 30.6 Å². The number of aromatic nitrogens is 1. The summed E-state index contributed by atoms with van der Waals surface area (Å²) in [5.74, 6) is 0.815. The van der Waals surface area contributed by atoms with Gasteiger partial charge in [0.1, 0.15) is 18.6 Å².